The van der Waals surface area contributed by atoms with Crippen LogP contribution >= 0.6 is 11.3 Å². The Labute approximate surface area is 175 Å². The summed E-state index contributed by atoms with van der Waals surface area (Å²) in [7, 11) is 1.38. The molecule has 0 aliphatic rings. The largest absolute Gasteiger partial charge is 0.474 e. The van der Waals surface area contributed by atoms with E-state index in [0.717, 1.165) is 33.4 Å². The fraction of sp³-hybridized carbons (Fsp3) is 0.250. The van der Waals surface area contributed by atoms with Crippen molar-refractivity contribution >= 4 is 27.8 Å². The maximum atomic E-state index is 14.1. The van der Waals surface area contributed by atoms with Gasteiger partial charge in [0.25, 0.3) is 5.89 Å². The standard InChI is InChI=1S/C20H18FN5O3S/c1-4-12-5-14(7-17-18(12)25-11(2)30-17)29-19(20-26-23-10-28-20)16-6-13(8-24-27-3)15(21)9-22-16/h5-10,19H,4H2,1-3H3/b24-8+. The van der Waals surface area contributed by atoms with Crippen LogP contribution in [-0.2, 0) is 11.3 Å². The number of aromatic nitrogens is 4. The van der Waals surface area contributed by atoms with E-state index in [4.69, 9.17) is 9.15 Å². The van der Waals surface area contributed by atoms with Crippen LogP contribution in [0.25, 0.3) is 10.2 Å². The maximum Gasteiger partial charge on any atom is 0.263 e. The fourth-order valence-corrected chi connectivity index (χ4v) is 3.92. The number of halogens is 1. The molecule has 3 aromatic heterocycles. The topological polar surface area (TPSA) is 95.5 Å². The third-order valence-electron chi connectivity index (χ3n) is 4.36. The van der Waals surface area contributed by atoms with E-state index in [-0.39, 0.29) is 11.5 Å². The van der Waals surface area contributed by atoms with Gasteiger partial charge in [-0.15, -0.1) is 21.5 Å². The van der Waals surface area contributed by atoms with E-state index in [0.29, 0.717) is 11.4 Å². The first-order valence-electron chi connectivity index (χ1n) is 9.13. The molecule has 154 valence electrons. The second kappa shape index (κ2) is 8.54. The molecule has 1 atom stereocenters. The van der Waals surface area contributed by atoms with E-state index < -0.39 is 11.9 Å². The number of thiazole rings is 1. The van der Waals surface area contributed by atoms with E-state index in [1.807, 2.05) is 19.1 Å². The minimum Gasteiger partial charge on any atom is -0.474 e. The number of hydrogen-bond acceptors (Lipinski definition) is 9. The Balaban J connectivity index is 1.76. The van der Waals surface area contributed by atoms with Crippen molar-refractivity contribution in [2.24, 2.45) is 5.16 Å². The van der Waals surface area contributed by atoms with Gasteiger partial charge in [-0.2, -0.15) is 0 Å². The molecule has 0 N–H and O–H groups in total. The Kier molecular flexibility index (Phi) is 5.66. The van der Waals surface area contributed by atoms with Gasteiger partial charge in [0.2, 0.25) is 12.5 Å². The molecule has 0 spiro atoms. The van der Waals surface area contributed by atoms with Gasteiger partial charge in [0, 0.05) is 5.56 Å². The lowest BCUT2D eigenvalue weighted by molar-refractivity contribution is 0.203. The number of benzene rings is 1. The Hall–Kier alpha value is -3.40. The van der Waals surface area contributed by atoms with Gasteiger partial charge >= 0.3 is 0 Å². The average molecular weight is 427 g/mol. The molecule has 30 heavy (non-hydrogen) atoms. The third-order valence-corrected chi connectivity index (χ3v) is 5.28. The minimum atomic E-state index is -0.834. The van der Waals surface area contributed by atoms with Gasteiger partial charge < -0.3 is 14.0 Å². The lowest BCUT2D eigenvalue weighted by Gasteiger charge is -2.17. The van der Waals surface area contributed by atoms with Gasteiger partial charge in [0.15, 0.2) is 0 Å². The number of pyridine rings is 1. The minimum absolute atomic E-state index is 0.192. The van der Waals surface area contributed by atoms with Crippen molar-refractivity contribution in [2.45, 2.75) is 26.4 Å². The van der Waals surface area contributed by atoms with E-state index in [1.54, 1.807) is 11.3 Å². The zero-order chi connectivity index (χ0) is 21.1. The van der Waals surface area contributed by atoms with Gasteiger partial charge in [0.05, 0.1) is 33.3 Å². The number of oxime groups is 1. The fourth-order valence-electron chi connectivity index (χ4n) is 3.01. The number of rotatable bonds is 7. The summed E-state index contributed by atoms with van der Waals surface area (Å²) in [6.07, 6.45) is 3.52. The van der Waals surface area contributed by atoms with Gasteiger partial charge in [-0.3, -0.25) is 4.98 Å². The highest BCUT2D eigenvalue weighted by atomic mass is 32.1. The first-order valence-corrected chi connectivity index (χ1v) is 9.95. The van der Waals surface area contributed by atoms with Crippen LogP contribution in [0.1, 0.15) is 40.7 Å². The summed E-state index contributed by atoms with van der Waals surface area (Å²) in [6.45, 7) is 4.03. The van der Waals surface area contributed by atoms with Crippen LogP contribution in [0.3, 0.4) is 0 Å². The smallest absolute Gasteiger partial charge is 0.263 e. The summed E-state index contributed by atoms with van der Waals surface area (Å²) in [5.41, 5.74) is 2.62. The Morgan fingerprint density at radius 3 is 2.93 bits per heavy atom. The Morgan fingerprint density at radius 2 is 2.20 bits per heavy atom. The molecular formula is C20H18FN5O3S. The lowest BCUT2D eigenvalue weighted by Crippen LogP contribution is -2.13. The Bertz CT molecular complexity index is 1190. The monoisotopic (exact) mass is 427 g/mol. The summed E-state index contributed by atoms with van der Waals surface area (Å²) < 4.78 is 26.7. The van der Waals surface area contributed by atoms with Crippen LogP contribution in [0, 0.1) is 12.7 Å². The highest BCUT2D eigenvalue weighted by Gasteiger charge is 2.25. The summed E-state index contributed by atoms with van der Waals surface area (Å²) in [6, 6.07) is 5.35. The van der Waals surface area contributed by atoms with Crippen LogP contribution in [-0.4, -0.2) is 33.5 Å². The zero-order valence-electron chi connectivity index (χ0n) is 16.5. The highest BCUT2D eigenvalue weighted by Crippen LogP contribution is 2.33. The molecule has 10 heteroatoms. The van der Waals surface area contributed by atoms with Crippen molar-refractivity contribution in [1.82, 2.24) is 20.2 Å². The number of nitrogens with zero attached hydrogens (tertiary/aromatic N) is 5. The molecule has 4 rings (SSSR count). The first-order chi connectivity index (χ1) is 14.6. The summed E-state index contributed by atoms with van der Waals surface area (Å²) in [5, 5.41) is 12.3. The molecule has 0 aliphatic carbocycles. The van der Waals surface area contributed by atoms with Crippen molar-refractivity contribution < 1.29 is 18.4 Å². The van der Waals surface area contributed by atoms with Crippen molar-refractivity contribution in [3.05, 3.63) is 64.3 Å². The molecule has 3 heterocycles. The maximum absolute atomic E-state index is 14.1. The zero-order valence-corrected chi connectivity index (χ0v) is 17.3. The number of hydrogen-bond donors (Lipinski definition) is 0. The molecule has 1 aromatic carbocycles. The molecule has 8 nitrogen and oxygen atoms in total. The van der Waals surface area contributed by atoms with E-state index >= 15 is 0 Å². The van der Waals surface area contributed by atoms with Crippen molar-refractivity contribution in [3.63, 3.8) is 0 Å². The van der Waals surface area contributed by atoms with Crippen LogP contribution in [0.2, 0.25) is 0 Å². The third kappa shape index (κ3) is 3.99. The number of aryl methyl sites for hydroxylation is 2. The summed E-state index contributed by atoms with van der Waals surface area (Å²) in [4.78, 5) is 13.4. The van der Waals surface area contributed by atoms with Crippen molar-refractivity contribution in [3.8, 4) is 5.75 Å². The average Bonchev–Trinajstić information content (AvgIpc) is 3.40. The highest BCUT2D eigenvalue weighted by molar-refractivity contribution is 7.18. The summed E-state index contributed by atoms with van der Waals surface area (Å²) in [5.74, 6) is 0.255. The number of fused-ring (bicyclic) bond motifs is 1. The van der Waals surface area contributed by atoms with Crippen LogP contribution < -0.4 is 4.74 Å². The van der Waals surface area contributed by atoms with E-state index in [9.17, 15) is 4.39 Å². The van der Waals surface area contributed by atoms with Crippen LogP contribution in [0.5, 0.6) is 5.75 Å². The SMILES string of the molecule is CCc1cc(OC(c2cc(/C=N/OC)c(F)cn2)c2nnco2)cc2sc(C)nc12. The normalized spacial score (nSPS) is 12.5. The molecule has 0 saturated carbocycles. The van der Waals surface area contributed by atoms with Gasteiger partial charge in [-0.25, -0.2) is 9.37 Å². The van der Waals surface area contributed by atoms with Crippen molar-refractivity contribution in [2.75, 3.05) is 7.11 Å². The predicted octanol–water partition coefficient (Wildman–Crippen LogP) is 4.23. The Morgan fingerprint density at radius 1 is 1.33 bits per heavy atom. The molecule has 0 bridgehead atoms. The van der Waals surface area contributed by atoms with Gasteiger partial charge in [-0.1, -0.05) is 12.1 Å². The lowest BCUT2D eigenvalue weighted by atomic mass is 10.1. The molecule has 0 aliphatic heterocycles. The van der Waals surface area contributed by atoms with E-state index in [1.165, 1.54) is 25.8 Å². The van der Waals surface area contributed by atoms with E-state index in [2.05, 4.69) is 37.1 Å². The molecule has 1 unspecified atom stereocenters. The quantitative estimate of drug-likeness (QED) is 0.322. The molecule has 0 amide bonds. The van der Waals surface area contributed by atoms with Crippen molar-refractivity contribution in [1.29, 1.82) is 0 Å². The van der Waals surface area contributed by atoms with Gasteiger partial charge in [0.1, 0.15) is 18.7 Å². The second-order valence-electron chi connectivity index (χ2n) is 6.34. The molecular weight excluding hydrogens is 409 g/mol. The van der Waals surface area contributed by atoms with Crippen LogP contribution in [0.4, 0.5) is 4.39 Å². The molecule has 0 fully saturated rings. The molecule has 4 aromatic rings. The first kappa shape index (κ1) is 19.9. The van der Waals surface area contributed by atoms with Crippen LogP contribution in [0.15, 0.2) is 40.4 Å². The second-order valence-corrected chi connectivity index (χ2v) is 7.57. The predicted molar refractivity (Wildman–Crippen MR) is 109 cm³/mol. The van der Waals surface area contributed by atoms with Gasteiger partial charge in [-0.05, 0) is 37.1 Å². The summed E-state index contributed by atoms with van der Waals surface area (Å²) >= 11 is 1.59. The molecule has 0 saturated heterocycles. The number of ether oxygens (including phenoxy) is 1. The molecule has 0 radical (unpaired) electrons.